The summed E-state index contributed by atoms with van der Waals surface area (Å²) in [6.07, 6.45) is 0.873. The van der Waals surface area contributed by atoms with Gasteiger partial charge in [0.15, 0.2) is 0 Å². The van der Waals surface area contributed by atoms with Crippen LogP contribution in [0.15, 0.2) is 24.3 Å². The van der Waals surface area contributed by atoms with E-state index in [0.29, 0.717) is 0 Å². The van der Waals surface area contributed by atoms with E-state index in [4.69, 9.17) is 11.6 Å². The first-order valence-corrected chi connectivity index (χ1v) is 7.97. The Labute approximate surface area is 130 Å². The van der Waals surface area contributed by atoms with Crippen LogP contribution in [-0.4, -0.2) is 10.5 Å². The number of aromatic nitrogens is 1. The minimum absolute atomic E-state index is 0.132. The minimum atomic E-state index is 0.132. The maximum Gasteiger partial charge on any atom is 0.0975 e. The lowest BCUT2D eigenvalue weighted by atomic mass is 10.1. The molecule has 1 aromatic carbocycles. The number of halogens is 1. The average molecular weight is 309 g/mol. The molecular weight excluding hydrogens is 288 g/mol. The highest BCUT2D eigenvalue weighted by Gasteiger charge is 2.12. The molecule has 20 heavy (non-hydrogen) atoms. The standard InChI is InChI=1S/C16H21ClN2S/c1-11-14(10-18-16(2,3)4)20-15(19-11)9-12-5-7-13(17)8-6-12/h5-8,18H,9-10H2,1-4H3. The van der Waals surface area contributed by atoms with Crippen molar-refractivity contribution in [1.29, 1.82) is 0 Å². The third-order valence-corrected chi connectivity index (χ3v) is 4.39. The van der Waals surface area contributed by atoms with Crippen molar-refractivity contribution in [2.75, 3.05) is 0 Å². The second-order valence-corrected chi connectivity index (χ2v) is 7.63. The van der Waals surface area contributed by atoms with Crippen molar-refractivity contribution in [2.45, 2.75) is 46.2 Å². The van der Waals surface area contributed by atoms with Crippen LogP contribution in [0, 0.1) is 6.92 Å². The van der Waals surface area contributed by atoms with E-state index in [1.54, 1.807) is 11.3 Å². The molecule has 4 heteroatoms. The van der Waals surface area contributed by atoms with Crippen molar-refractivity contribution in [2.24, 2.45) is 0 Å². The second-order valence-electron chi connectivity index (χ2n) is 6.02. The number of hydrogen-bond donors (Lipinski definition) is 1. The fourth-order valence-electron chi connectivity index (χ4n) is 1.85. The molecule has 1 N–H and O–H groups in total. The predicted molar refractivity (Wildman–Crippen MR) is 87.7 cm³/mol. The van der Waals surface area contributed by atoms with Crippen LogP contribution in [0.2, 0.25) is 5.02 Å². The zero-order valence-corrected chi connectivity index (χ0v) is 14.0. The Kier molecular flexibility index (Phi) is 4.84. The zero-order valence-electron chi connectivity index (χ0n) is 12.5. The van der Waals surface area contributed by atoms with Gasteiger partial charge in [-0.05, 0) is 45.4 Å². The third-order valence-electron chi connectivity index (χ3n) is 2.98. The number of benzene rings is 1. The van der Waals surface area contributed by atoms with E-state index in [1.807, 2.05) is 12.1 Å². The molecule has 0 unspecified atom stereocenters. The maximum atomic E-state index is 5.91. The Morgan fingerprint density at radius 3 is 2.45 bits per heavy atom. The number of nitrogens with zero attached hydrogens (tertiary/aromatic N) is 1. The van der Waals surface area contributed by atoms with Crippen molar-refractivity contribution in [3.63, 3.8) is 0 Å². The quantitative estimate of drug-likeness (QED) is 0.894. The highest BCUT2D eigenvalue weighted by atomic mass is 35.5. The molecule has 0 saturated heterocycles. The van der Waals surface area contributed by atoms with Crippen LogP contribution in [0.5, 0.6) is 0 Å². The van der Waals surface area contributed by atoms with Crippen LogP contribution in [-0.2, 0) is 13.0 Å². The summed E-state index contributed by atoms with van der Waals surface area (Å²) in [4.78, 5) is 6.00. The van der Waals surface area contributed by atoms with E-state index in [1.165, 1.54) is 10.4 Å². The van der Waals surface area contributed by atoms with E-state index >= 15 is 0 Å². The molecule has 2 nitrogen and oxygen atoms in total. The van der Waals surface area contributed by atoms with Gasteiger partial charge in [-0.2, -0.15) is 0 Å². The van der Waals surface area contributed by atoms with Crippen molar-refractivity contribution in [3.05, 3.63) is 50.4 Å². The molecule has 0 spiro atoms. The van der Waals surface area contributed by atoms with E-state index in [2.05, 4.69) is 50.1 Å². The van der Waals surface area contributed by atoms with Gasteiger partial charge in [0, 0.05) is 28.4 Å². The van der Waals surface area contributed by atoms with Crippen LogP contribution in [0.3, 0.4) is 0 Å². The Morgan fingerprint density at radius 1 is 1.20 bits per heavy atom. The molecule has 2 rings (SSSR count). The molecule has 0 atom stereocenters. The van der Waals surface area contributed by atoms with Crippen LogP contribution in [0.4, 0.5) is 0 Å². The zero-order chi connectivity index (χ0) is 14.8. The molecule has 1 aromatic heterocycles. The van der Waals surface area contributed by atoms with Gasteiger partial charge in [-0.15, -0.1) is 11.3 Å². The summed E-state index contributed by atoms with van der Waals surface area (Å²) in [6.45, 7) is 9.50. The molecule has 0 bridgehead atoms. The number of aryl methyl sites for hydroxylation is 1. The smallest absolute Gasteiger partial charge is 0.0975 e. The monoisotopic (exact) mass is 308 g/mol. The first-order valence-electron chi connectivity index (χ1n) is 6.78. The summed E-state index contributed by atoms with van der Waals surface area (Å²) in [5.41, 5.74) is 2.52. The normalized spacial score (nSPS) is 11.8. The highest BCUT2D eigenvalue weighted by molar-refractivity contribution is 7.11. The summed E-state index contributed by atoms with van der Waals surface area (Å²) in [7, 11) is 0. The molecule has 0 aliphatic carbocycles. The molecule has 0 amide bonds. The van der Waals surface area contributed by atoms with Gasteiger partial charge < -0.3 is 5.32 Å². The SMILES string of the molecule is Cc1nc(Cc2ccc(Cl)cc2)sc1CNC(C)(C)C. The van der Waals surface area contributed by atoms with Crippen LogP contribution in [0.1, 0.15) is 41.9 Å². The van der Waals surface area contributed by atoms with Gasteiger partial charge in [0.2, 0.25) is 0 Å². The molecule has 2 aromatic rings. The van der Waals surface area contributed by atoms with Crippen molar-refractivity contribution in [1.82, 2.24) is 10.3 Å². The number of nitrogens with one attached hydrogen (secondary N) is 1. The van der Waals surface area contributed by atoms with Gasteiger partial charge in [-0.1, -0.05) is 23.7 Å². The number of rotatable bonds is 4. The average Bonchev–Trinajstić information content (AvgIpc) is 2.69. The summed E-state index contributed by atoms with van der Waals surface area (Å²) < 4.78 is 0. The highest BCUT2D eigenvalue weighted by Crippen LogP contribution is 2.22. The van der Waals surface area contributed by atoms with Crippen LogP contribution < -0.4 is 5.32 Å². The van der Waals surface area contributed by atoms with E-state index in [-0.39, 0.29) is 5.54 Å². The van der Waals surface area contributed by atoms with Gasteiger partial charge in [-0.3, -0.25) is 0 Å². The van der Waals surface area contributed by atoms with E-state index < -0.39 is 0 Å². The fourth-order valence-corrected chi connectivity index (χ4v) is 3.02. The van der Waals surface area contributed by atoms with Gasteiger partial charge in [-0.25, -0.2) is 4.98 Å². The topological polar surface area (TPSA) is 24.9 Å². The first kappa shape index (κ1) is 15.5. The molecular formula is C16H21ClN2S. The van der Waals surface area contributed by atoms with E-state index in [0.717, 1.165) is 28.7 Å². The summed E-state index contributed by atoms with van der Waals surface area (Å²) in [6, 6.07) is 7.98. The first-order chi connectivity index (χ1) is 9.33. The lowest BCUT2D eigenvalue weighted by Gasteiger charge is -2.19. The third kappa shape index (κ3) is 4.58. The van der Waals surface area contributed by atoms with Gasteiger partial charge in [0.25, 0.3) is 0 Å². The van der Waals surface area contributed by atoms with E-state index in [9.17, 15) is 0 Å². The Balaban J connectivity index is 2.05. The molecule has 0 fully saturated rings. The van der Waals surface area contributed by atoms with Crippen molar-refractivity contribution < 1.29 is 0 Å². The van der Waals surface area contributed by atoms with Crippen molar-refractivity contribution >= 4 is 22.9 Å². The lowest BCUT2D eigenvalue weighted by molar-refractivity contribution is 0.425. The summed E-state index contributed by atoms with van der Waals surface area (Å²) in [5.74, 6) is 0. The predicted octanol–water partition coefficient (Wildman–Crippen LogP) is 4.58. The Hall–Kier alpha value is -0.900. The molecule has 108 valence electrons. The van der Waals surface area contributed by atoms with Gasteiger partial charge in [0.05, 0.1) is 10.7 Å². The molecule has 1 heterocycles. The maximum absolute atomic E-state index is 5.91. The van der Waals surface area contributed by atoms with Crippen molar-refractivity contribution in [3.8, 4) is 0 Å². The van der Waals surface area contributed by atoms with Gasteiger partial charge in [0.1, 0.15) is 0 Å². The molecule has 0 radical (unpaired) electrons. The molecule has 0 aliphatic rings. The van der Waals surface area contributed by atoms with Gasteiger partial charge >= 0.3 is 0 Å². The minimum Gasteiger partial charge on any atom is -0.307 e. The molecule has 0 aliphatic heterocycles. The largest absolute Gasteiger partial charge is 0.307 e. The molecule has 0 saturated carbocycles. The summed E-state index contributed by atoms with van der Waals surface area (Å²) in [5, 5.41) is 5.46. The van der Waals surface area contributed by atoms with Crippen LogP contribution in [0.25, 0.3) is 0 Å². The Bertz CT molecular complexity index is 567. The van der Waals surface area contributed by atoms with Crippen LogP contribution >= 0.6 is 22.9 Å². The number of hydrogen-bond acceptors (Lipinski definition) is 3. The summed E-state index contributed by atoms with van der Waals surface area (Å²) >= 11 is 7.70. The number of thiazole rings is 1. The Morgan fingerprint density at radius 2 is 1.85 bits per heavy atom. The second kappa shape index (κ2) is 6.25. The lowest BCUT2D eigenvalue weighted by Crippen LogP contribution is -2.34. The fraction of sp³-hybridized carbons (Fsp3) is 0.438.